The van der Waals surface area contributed by atoms with E-state index in [2.05, 4.69) is 0 Å². The van der Waals surface area contributed by atoms with Crippen LogP contribution in [0, 0.1) is 0 Å². The third-order valence-electron chi connectivity index (χ3n) is 2.96. The summed E-state index contributed by atoms with van der Waals surface area (Å²) >= 11 is 0. The van der Waals surface area contributed by atoms with Crippen molar-refractivity contribution >= 4 is 11.9 Å². The molecule has 0 aromatic heterocycles. The largest absolute Gasteiger partial charge is 0.480 e. The second-order valence-electron chi connectivity index (χ2n) is 4.11. The van der Waals surface area contributed by atoms with E-state index in [1.54, 1.807) is 14.0 Å². The number of ether oxygens (including phenoxy) is 1. The molecular weight excluding hydrogens is 210 g/mol. The van der Waals surface area contributed by atoms with Crippen LogP contribution in [0.5, 0.6) is 0 Å². The molecule has 1 N–H and O–H groups in total. The summed E-state index contributed by atoms with van der Waals surface area (Å²) in [6.45, 7) is 2.46. The van der Waals surface area contributed by atoms with Crippen molar-refractivity contribution in [3.8, 4) is 0 Å². The fraction of sp³-hybridized carbons (Fsp3) is 0.818. The Morgan fingerprint density at radius 2 is 2.25 bits per heavy atom. The Morgan fingerprint density at radius 3 is 2.69 bits per heavy atom. The van der Waals surface area contributed by atoms with E-state index in [9.17, 15) is 9.59 Å². The molecule has 1 aliphatic rings. The monoisotopic (exact) mass is 229 g/mol. The lowest BCUT2D eigenvalue weighted by atomic mass is 10.1. The topological polar surface area (TPSA) is 66.8 Å². The van der Waals surface area contributed by atoms with Gasteiger partial charge < -0.3 is 14.7 Å². The van der Waals surface area contributed by atoms with E-state index in [4.69, 9.17) is 9.84 Å². The first-order valence-corrected chi connectivity index (χ1v) is 5.66. The van der Waals surface area contributed by atoms with Gasteiger partial charge in [-0.05, 0) is 19.3 Å². The van der Waals surface area contributed by atoms with Crippen molar-refractivity contribution in [1.29, 1.82) is 0 Å². The summed E-state index contributed by atoms with van der Waals surface area (Å²) in [6.07, 6.45) is 2.56. The fourth-order valence-corrected chi connectivity index (χ4v) is 1.93. The van der Waals surface area contributed by atoms with E-state index >= 15 is 0 Å². The predicted octanol–water partition coefficient (Wildman–Crippen LogP) is 0.877. The van der Waals surface area contributed by atoms with Crippen molar-refractivity contribution in [1.82, 2.24) is 4.90 Å². The molecule has 0 spiro atoms. The quantitative estimate of drug-likeness (QED) is 0.759. The second kappa shape index (κ2) is 5.84. The van der Waals surface area contributed by atoms with Gasteiger partial charge in [0.05, 0.1) is 12.5 Å². The first kappa shape index (κ1) is 13.0. The van der Waals surface area contributed by atoms with Gasteiger partial charge in [-0.3, -0.25) is 4.79 Å². The van der Waals surface area contributed by atoms with Crippen molar-refractivity contribution in [2.75, 3.05) is 13.7 Å². The van der Waals surface area contributed by atoms with Crippen LogP contribution < -0.4 is 0 Å². The predicted molar refractivity (Wildman–Crippen MR) is 58.1 cm³/mol. The third-order valence-corrected chi connectivity index (χ3v) is 2.96. The maximum absolute atomic E-state index is 11.8. The zero-order chi connectivity index (χ0) is 12.1. The summed E-state index contributed by atoms with van der Waals surface area (Å²) in [5, 5.41) is 8.93. The Labute approximate surface area is 95.4 Å². The summed E-state index contributed by atoms with van der Waals surface area (Å²) in [6, 6.07) is -0.728. The van der Waals surface area contributed by atoms with Crippen LogP contribution >= 0.6 is 0 Å². The molecule has 0 aliphatic carbocycles. The summed E-state index contributed by atoms with van der Waals surface area (Å²) in [4.78, 5) is 24.0. The minimum atomic E-state index is -0.953. The van der Waals surface area contributed by atoms with Crippen molar-refractivity contribution in [3.05, 3.63) is 0 Å². The van der Waals surface area contributed by atoms with Crippen LogP contribution in [0.15, 0.2) is 0 Å². The highest BCUT2D eigenvalue weighted by molar-refractivity contribution is 5.83. The van der Waals surface area contributed by atoms with E-state index in [1.807, 2.05) is 0 Å². The Bertz CT molecular complexity index is 261. The molecule has 2 atom stereocenters. The summed E-state index contributed by atoms with van der Waals surface area (Å²) in [5.74, 6) is -1.10. The molecule has 0 radical (unpaired) electrons. The Hall–Kier alpha value is -1.10. The SMILES string of the molecule is CCC(C(=O)O)N(C)C(=O)CC1CCCO1. The van der Waals surface area contributed by atoms with Gasteiger partial charge in [0.15, 0.2) is 0 Å². The van der Waals surface area contributed by atoms with E-state index < -0.39 is 12.0 Å². The maximum atomic E-state index is 11.8. The average Bonchev–Trinajstić information content (AvgIpc) is 2.70. The summed E-state index contributed by atoms with van der Waals surface area (Å²) < 4.78 is 5.35. The molecule has 1 heterocycles. The standard InChI is InChI=1S/C11H19NO4/c1-3-9(11(14)15)12(2)10(13)7-8-5-4-6-16-8/h8-9H,3-7H2,1-2H3,(H,14,15). The molecule has 2 unspecified atom stereocenters. The average molecular weight is 229 g/mol. The number of carbonyl (C=O) groups excluding carboxylic acids is 1. The van der Waals surface area contributed by atoms with Crippen molar-refractivity contribution in [2.45, 2.75) is 44.8 Å². The number of carboxylic acid groups (broad SMARTS) is 1. The van der Waals surface area contributed by atoms with Gasteiger partial charge >= 0.3 is 5.97 Å². The molecule has 1 amide bonds. The zero-order valence-electron chi connectivity index (χ0n) is 9.81. The van der Waals surface area contributed by atoms with E-state index in [0.29, 0.717) is 19.4 Å². The van der Waals surface area contributed by atoms with Crippen LogP contribution in [-0.2, 0) is 14.3 Å². The highest BCUT2D eigenvalue weighted by Gasteiger charge is 2.27. The van der Waals surface area contributed by atoms with E-state index in [1.165, 1.54) is 4.90 Å². The number of hydrogen-bond donors (Lipinski definition) is 1. The van der Waals surface area contributed by atoms with Crippen LogP contribution in [-0.4, -0.2) is 47.7 Å². The van der Waals surface area contributed by atoms with Crippen LogP contribution in [0.2, 0.25) is 0 Å². The van der Waals surface area contributed by atoms with Crippen molar-refractivity contribution in [3.63, 3.8) is 0 Å². The molecule has 5 heteroatoms. The first-order chi connectivity index (χ1) is 7.56. The van der Waals surface area contributed by atoms with Gasteiger partial charge in [0.25, 0.3) is 0 Å². The molecular formula is C11H19NO4. The first-order valence-electron chi connectivity index (χ1n) is 5.66. The Balaban J connectivity index is 2.48. The summed E-state index contributed by atoms with van der Waals surface area (Å²) in [5.41, 5.74) is 0. The van der Waals surface area contributed by atoms with Gasteiger partial charge in [-0.25, -0.2) is 4.79 Å². The molecule has 1 aliphatic heterocycles. The molecule has 0 aromatic carbocycles. The molecule has 1 rings (SSSR count). The number of carbonyl (C=O) groups is 2. The minimum absolute atomic E-state index is 0.0266. The Morgan fingerprint density at radius 1 is 1.56 bits per heavy atom. The normalized spacial score (nSPS) is 21.8. The lowest BCUT2D eigenvalue weighted by Gasteiger charge is -2.24. The van der Waals surface area contributed by atoms with E-state index in [-0.39, 0.29) is 12.0 Å². The van der Waals surface area contributed by atoms with Crippen molar-refractivity contribution < 1.29 is 19.4 Å². The number of amides is 1. The highest BCUT2D eigenvalue weighted by atomic mass is 16.5. The molecule has 16 heavy (non-hydrogen) atoms. The van der Waals surface area contributed by atoms with Gasteiger partial charge in [-0.15, -0.1) is 0 Å². The highest BCUT2D eigenvalue weighted by Crippen LogP contribution is 2.17. The van der Waals surface area contributed by atoms with Crippen molar-refractivity contribution in [2.24, 2.45) is 0 Å². The lowest BCUT2D eigenvalue weighted by Crippen LogP contribution is -2.42. The number of likely N-dealkylation sites (N-methyl/N-ethyl adjacent to an activating group) is 1. The molecule has 92 valence electrons. The summed E-state index contributed by atoms with van der Waals surface area (Å²) in [7, 11) is 1.54. The molecule has 0 aromatic rings. The van der Waals surface area contributed by atoms with Crippen LogP contribution in [0.3, 0.4) is 0 Å². The number of aliphatic carboxylic acids is 1. The van der Waals surface area contributed by atoms with Gasteiger partial charge in [0.2, 0.25) is 5.91 Å². The van der Waals surface area contributed by atoms with E-state index in [0.717, 1.165) is 12.8 Å². The number of nitrogens with zero attached hydrogens (tertiary/aromatic N) is 1. The molecule has 0 bridgehead atoms. The van der Waals surface area contributed by atoms with Gasteiger partial charge in [-0.1, -0.05) is 6.92 Å². The zero-order valence-corrected chi connectivity index (χ0v) is 9.81. The van der Waals surface area contributed by atoms with Gasteiger partial charge in [-0.2, -0.15) is 0 Å². The van der Waals surface area contributed by atoms with Gasteiger partial charge in [0.1, 0.15) is 6.04 Å². The smallest absolute Gasteiger partial charge is 0.326 e. The maximum Gasteiger partial charge on any atom is 0.326 e. The Kier molecular flexibility index (Phi) is 4.73. The third kappa shape index (κ3) is 3.20. The van der Waals surface area contributed by atoms with Crippen LogP contribution in [0.25, 0.3) is 0 Å². The minimum Gasteiger partial charge on any atom is -0.480 e. The molecule has 1 fully saturated rings. The van der Waals surface area contributed by atoms with Crippen LogP contribution in [0.4, 0.5) is 0 Å². The fourth-order valence-electron chi connectivity index (χ4n) is 1.93. The molecule has 5 nitrogen and oxygen atoms in total. The lowest BCUT2D eigenvalue weighted by molar-refractivity contribution is -0.150. The van der Waals surface area contributed by atoms with Crippen LogP contribution in [0.1, 0.15) is 32.6 Å². The molecule has 0 saturated carbocycles. The molecule has 1 saturated heterocycles. The number of carboxylic acids is 1. The van der Waals surface area contributed by atoms with Gasteiger partial charge in [0, 0.05) is 13.7 Å². The second-order valence-corrected chi connectivity index (χ2v) is 4.11. The number of rotatable bonds is 5. The number of hydrogen-bond acceptors (Lipinski definition) is 3.